The van der Waals surface area contributed by atoms with E-state index in [1.54, 1.807) is 0 Å². The van der Waals surface area contributed by atoms with Crippen LogP contribution in [-0.4, -0.2) is 65.4 Å². The van der Waals surface area contributed by atoms with Crippen LogP contribution in [0.4, 0.5) is 4.79 Å². The van der Waals surface area contributed by atoms with Crippen molar-refractivity contribution in [3.8, 4) is 11.1 Å². The Morgan fingerprint density at radius 3 is 2.21 bits per heavy atom. The number of carboxylic acid groups (broad SMARTS) is 1. The molecule has 0 spiro atoms. The molecule has 2 unspecified atom stereocenters. The molecule has 4 rings (SSSR count). The topological polar surface area (TPSA) is 116 Å². The Balaban J connectivity index is 1.41. The Hall–Kier alpha value is -3.39. The average Bonchev–Trinajstić information content (AvgIpc) is 3.16. The lowest BCUT2D eigenvalue weighted by Crippen LogP contribution is -2.51. The van der Waals surface area contributed by atoms with E-state index in [1.165, 1.54) is 0 Å². The van der Waals surface area contributed by atoms with Crippen LogP contribution in [0.25, 0.3) is 11.1 Å². The van der Waals surface area contributed by atoms with E-state index in [0.717, 1.165) is 40.0 Å². The smallest absolute Gasteiger partial charge is 0.407 e. The van der Waals surface area contributed by atoms with Crippen LogP contribution in [0.15, 0.2) is 48.5 Å². The number of fused-ring (bicyclic) bond motifs is 3. The maximum atomic E-state index is 13.0. The van der Waals surface area contributed by atoms with Gasteiger partial charge in [0.05, 0.1) is 12.5 Å². The molecule has 1 saturated carbocycles. The summed E-state index contributed by atoms with van der Waals surface area (Å²) in [5.41, 5.74) is 4.53. The van der Waals surface area contributed by atoms with Gasteiger partial charge in [0.15, 0.2) is 0 Å². The van der Waals surface area contributed by atoms with Crippen molar-refractivity contribution in [1.82, 2.24) is 10.2 Å². The molecule has 0 aromatic heterocycles. The number of alkyl carbamates (subject to hydrolysis) is 1. The maximum absolute atomic E-state index is 13.0. The first kappa shape index (κ1) is 23.8. The standard InChI is InChI=1S/C26H30N2O6/c29-14-13-28(15-24(30)31)25(32)21-11-5-6-12-23(21)27-26(33)34-16-22-19-9-3-1-7-17(19)18-8-2-4-10-20(18)22/h1-4,7-10,21-23,29H,5-6,11-16H2,(H,27,33)(H,30,31). The van der Waals surface area contributed by atoms with Gasteiger partial charge in [-0.05, 0) is 35.1 Å². The molecule has 0 aliphatic heterocycles. The molecule has 2 amide bonds. The fourth-order valence-corrected chi connectivity index (χ4v) is 5.18. The molecular weight excluding hydrogens is 436 g/mol. The largest absolute Gasteiger partial charge is 0.480 e. The number of ether oxygens (including phenoxy) is 1. The Labute approximate surface area is 198 Å². The quantitative estimate of drug-likeness (QED) is 0.551. The predicted octanol–water partition coefficient (Wildman–Crippen LogP) is 2.99. The molecular formula is C26H30N2O6. The normalized spacial score (nSPS) is 19.1. The molecule has 8 nitrogen and oxygen atoms in total. The van der Waals surface area contributed by atoms with E-state index >= 15 is 0 Å². The monoisotopic (exact) mass is 466 g/mol. The average molecular weight is 467 g/mol. The van der Waals surface area contributed by atoms with Crippen LogP contribution in [0.1, 0.15) is 42.7 Å². The van der Waals surface area contributed by atoms with E-state index in [4.69, 9.17) is 9.84 Å². The molecule has 2 aliphatic carbocycles. The van der Waals surface area contributed by atoms with Gasteiger partial charge < -0.3 is 25.2 Å². The lowest BCUT2D eigenvalue weighted by atomic mass is 9.83. The molecule has 0 heterocycles. The van der Waals surface area contributed by atoms with Gasteiger partial charge in [-0.3, -0.25) is 9.59 Å². The van der Waals surface area contributed by atoms with E-state index in [0.29, 0.717) is 12.8 Å². The summed E-state index contributed by atoms with van der Waals surface area (Å²) in [6.07, 6.45) is 2.25. The van der Waals surface area contributed by atoms with E-state index in [-0.39, 0.29) is 31.6 Å². The highest BCUT2D eigenvalue weighted by Gasteiger charge is 2.36. The summed E-state index contributed by atoms with van der Waals surface area (Å²) in [4.78, 5) is 38.1. The Bertz CT molecular complexity index is 1010. The van der Waals surface area contributed by atoms with Gasteiger partial charge in [0.25, 0.3) is 0 Å². The van der Waals surface area contributed by atoms with Crippen molar-refractivity contribution >= 4 is 18.0 Å². The number of amides is 2. The minimum Gasteiger partial charge on any atom is -0.480 e. The summed E-state index contributed by atoms with van der Waals surface area (Å²) in [5.74, 6) is -2.10. The number of aliphatic hydroxyl groups excluding tert-OH is 1. The number of benzene rings is 2. The first-order valence-electron chi connectivity index (χ1n) is 11.7. The number of carboxylic acids is 1. The molecule has 2 aromatic carbocycles. The van der Waals surface area contributed by atoms with E-state index in [1.807, 2.05) is 24.3 Å². The molecule has 2 aliphatic rings. The van der Waals surface area contributed by atoms with E-state index in [9.17, 15) is 19.5 Å². The number of carbonyl (C=O) groups excluding carboxylic acids is 2. The number of hydrogen-bond acceptors (Lipinski definition) is 5. The first-order chi connectivity index (χ1) is 16.5. The minimum atomic E-state index is -1.14. The Morgan fingerprint density at radius 2 is 1.59 bits per heavy atom. The lowest BCUT2D eigenvalue weighted by Gasteiger charge is -2.34. The summed E-state index contributed by atoms with van der Waals surface area (Å²) in [6.45, 7) is -0.677. The molecule has 3 N–H and O–H groups in total. The molecule has 8 heteroatoms. The van der Waals surface area contributed by atoms with Crippen LogP contribution < -0.4 is 5.32 Å². The van der Waals surface area contributed by atoms with Gasteiger partial charge >= 0.3 is 12.1 Å². The zero-order chi connectivity index (χ0) is 24.1. The number of hydrogen-bond donors (Lipinski definition) is 3. The summed E-state index contributed by atoms with van der Waals surface area (Å²) in [7, 11) is 0. The molecule has 0 radical (unpaired) electrons. The van der Waals surface area contributed by atoms with Crippen LogP contribution in [0.3, 0.4) is 0 Å². The number of nitrogens with zero attached hydrogens (tertiary/aromatic N) is 1. The summed E-state index contributed by atoms with van der Waals surface area (Å²) < 4.78 is 5.63. The summed E-state index contributed by atoms with van der Waals surface area (Å²) in [6, 6.07) is 15.8. The molecule has 180 valence electrons. The highest BCUT2D eigenvalue weighted by molar-refractivity contribution is 5.84. The first-order valence-corrected chi connectivity index (χ1v) is 11.7. The van der Waals surface area contributed by atoms with Gasteiger partial charge in [0, 0.05) is 18.5 Å². The number of carbonyl (C=O) groups is 3. The van der Waals surface area contributed by atoms with Gasteiger partial charge in [-0.2, -0.15) is 0 Å². The fraction of sp³-hybridized carbons (Fsp3) is 0.423. The van der Waals surface area contributed by atoms with E-state index < -0.39 is 30.6 Å². The van der Waals surface area contributed by atoms with E-state index in [2.05, 4.69) is 29.6 Å². The van der Waals surface area contributed by atoms with Crippen molar-refractivity contribution in [2.24, 2.45) is 5.92 Å². The highest BCUT2D eigenvalue weighted by Crippen LogP contribution is 2.44. The van der Waals surface area contributed by atoms with Crippen LogP contribution >= 0.6 is 0 Å². The minimum absolute atomic E-state index is 0.0563. The van der Waals surface area contributed by atoms with Crippen molar-refractivity contribution in [2.75, 3.05) is 26.3 Å². The van der Waals surface area contributed by atoms with Crippen LogP contribution in [0.2, 0.25) is 0 Å². The Morgan fingerprint density at radius 1 is 0.971 bits per heavy atom. The van der Waals surface area contributed by atoms with Gasteiger partial charge in [0.2, 0.25) is 5.91 Å². The third kappa shape index (κ3) is 5.07. The number of nitrogens with one attached hydrogen (secondary N) is 1. The molecule has 0 saturated heterocycles. The molecule has 2 aromatic rings. The maximum Gasteiger partial charge on any atom is 0.407 e. The van der Waals surface area contributed by atoms with Crippen LogP contribution in [-0.2, 0) is 14.3 Å². The lowest BCUT2D eigenvalue weighted by molar-refractivity contribution is -0.147. The fourth-order valence-electron chi connectivity index (χ4n) is 5.18. The van der Waals surface area contributed by atoms with Crippen molar-refractivity contribution in [1.29, 1.82) is 0 Å². The number of rotatable bonds is 8. The summed E-state index contributed by atoms with van der Waals surface area (Å²) in [5, 5.41) is 21.2. The zero-order valence-electron chi connectivity index (χ0n) is 19.0. The van der Waals surface area contributed by atoms with Crippen molar-refractivity contribution in [2.45, 2.75) is 37.6 Å². The second kappa shape index (κ2) is 10.7. The van der Waals surface area contributed by atoms with Gasteiger partial charge in [-0.15, -0.1) is 0 Å². The van der Waals surface area contributed by atoms with Gasteiger partial charge in [-0.1, -0.05) is 61.4 Å². The second-order valence-electron chi connectivity index (χ2n) is 8.84. The van der Waals surface area contributed by atoms with Gasteiger partial charge in [-0.25, -0.2) is 4.79 Å². The Kier molecular flexibility index (Phi) is 7.47. The van der Waals surface area contributed by atoms with Gasteiger partial charge in [0.1, 0.15) is 13.2 Å². The number of aliphatic carboxylic acids is 1. The predicted molar refractivity (Wildman–Crippen MR) is 125 cm³/mol. The number of aliphatic hydroxyl groups is 1. The third-order valence-electron chi connectivity index (χ3n) is 6.74. The zero-order valence-corrected chi connectivity index (χ0v) is 19.0. The third-order valence-corrected chi connectivity index (χ3v) is 6.74. The highest BCUT2D eigenvalue weighted by atomic mass is 16.5. The molecule has 1 fully saturated rings. The second-order valence-corrected chi connectivity index (χ2v) is 8.84. The molecule has 2 atom stereocenters. The molecule has 0 bridgehead atoms. The van der Waals surface area contributed by atoms with Crippen molar-refractivity contribution < 1.29 is 29.3 Å². The summed E-state index contributed by atoms with van der Waals surface area (Å²) >= 11 is 0. The van der Waals surface area contributed by atoms with Crippen molar-refractivity contribution in [3.05, 3.63) is 59.7 Å². The van der Waals surface area contributed by atoms with Crippen LogP contribution in [0.5, 0.6) is 0 Å². The molecule has 34 heavy (non-hydrogen) atoms. The SMILES string of the molecule is O=C(O)CN(CCO)C(=O)C1CCCCC1NC(=O)OCC1c2ccccc2-c2ccccc21. The van der Waals surface area contributed by atoms with Crippen LogP contribution in [0, 0.1) is 5.92 Å². The van der Waals surface area contributed by atoms with Crippen molar-refractivity contribution in [3.63, 3.8) is 0 Å².